The third-order valence-electron chi connectivity index (χ3n) is 4.39. The van der Waals surface area contributed by atoms with Crippen LogP contribution < -0.4 is 0 Å². The van der Waals surface area contributed by atoms with Gasteiger partial charge in [-0.05, 0) is 39.0 Å². The standard InChI is InChI=1S/C17H27NO4/c1-3-9-13(18-21-4-2)15-14(19)12-17(22-16(15)20)10-7-5-6-8-11-17/h19H,3-12H2,1-2H3/b18-13+. The van der Waals surface area contributed by atoms with E-state index in [1.807, 2.05) is 13.8 Å². The molecule has 22 heavy (non-hydrogen) atoms. The van der Waals surface area contributed by atoms with Crippen molar-refractivity contribution in [2.75, 3.05) is 6.61 Å². The van der Waals surface area contributed by atoms with Crippen molar-refractivity contribution in [2.24, 2.45) is 5.16 Å². The second kappa shape index (κ2) is 7.65. The Bertz CT molecular complexity index is 459. The molecule has 124 valence electrons. The van der Waals surface area contributed by atoms with Crippen LogP contribution in [0.4, 0.5) is 0 Å². The molecule has 0 aromatic rings. The zero-order valence-corrected chi connectivity index (χ0v) is 13.7. The van der Waals surface area contributed by atoms with Crippen molar-refractivity contribution in [1.29, 1.82) is 0 Å². The molecule has 5 nitrogen and oxygen atoms in total. The highest BCUT2D eigenvalue weighted by Gasteiger charge is 2.43. The van der Waals surface area contributed by atoms with Gasteiger partial charge in [0.25, 0.3) is 0 Å². The predicted molar refractivity (Wildman–Crippen MR) is 84.8 cm³/mol. The summed E-state index contributed by atoms with van der Waals surface area (Å²) in [7, 11) is 0. The fourth-order valence-electron chi connectivity index (χ4n) is 3.33. The topological polar surface area (TPSA) is 68.1 Å². The van der Waals surface area contributed by atoms with E-state index in [9.17, 15) is 9.90 Å². The van der Waals surface area contributed by atoms with Crippen LogP contribution in [-0.4, -0.2) is 29.0 Å². The molecular weight excluding hydrogens is 282 g/mol. The van der Waals surface area contributed by atoms with Gasteiger partial charge in [-0.25, -0.2) is 4.79 Å². The van der Waals surface area contributed by atoms with Gasteiger partial charge in [-0.3, -0.25) is 0 Å². The highest BCUT2D eigenvalue weighted by atomic mass is 16.6. The number of carbonyl (C=O) groups excluding carboxylic acids is 1. The van der Waals surface area contributed by atoms with Crippen LogP contribution in [0.3, 0.4) is 0 Å². The van der Waals surface area contributed by atoms with Gasteiger partial charge in [-0.1, -0.05) is 31.3 Å². The zero-order chi connectivity index (χ0) is 16.0. The molecule has 0 unspecified atom stereocenters. The number of aliphatic hydroxyl groups excluding tert-OH is 1. The van der Waals surface area contributed by atoms with E-state index in [1.54, 1.807) is 0 Å². The molecule has 0 radical (unpaired) electrons. The number of carbonyl (C=O) groups is 1. The van der Waals surface area contributed by atoms with E-state index in [1.165, 1.54) is 12.8 Å². The maximum absolute atomic E-state index is 12.5. The molecule has 1 heterocycles. The van der Waals surface area contributed by atoms with E-state index in [2.05, 4.69) is 5.16 Å². The molecule has 1 aliphatic heterocycles. The van der Waals surface area contributed by atoms with Crippen molar-refractivity contribution in [2.45, 2.75) is 77.2 Å². The van der Waals surface area contributed by atoms with Gasteiger partial charge in [0.05, 0.1) is 5.71 Å². The third-order valence-corrected chi connectivity index (χ3v) is 4.39. The quantitative estimate of drug-likeness (QED) is 0.473. The number of oxime groups is 1. The van der Waals surface area contributed by atoms with Gasteiger partial charge in [0, 0.05) is 6.42 Å². The first-order valence-corrected chi connectivity index (χ1v) is 8.46. The van der Waals surface area contributed by atoms with Gasteiger partial charge < -0.3 is 14.7 Å². The summed E-state index contributed by atoms with van der Waals surface area (Å²) in [4.78, 5) is 17.6. The summed E-state index contributed by atoms with van der Waals surface area (Å²) in [6.07, 6.45) is 7.91. The maximum atomic E-state index is 12.5. The van der Waals surface area contributed by atoms with Crippen LogP contribution in [0.1, 0.15) is 71.6 Å². The molecule has 1 fully saturated rings. The van der Waals surface area contributed by atoms with E-state index in [-0.39, 0.29) is 11.3 Å². The van der Waals surface area contributed by atoms with Crippen LogP contribution in [0, 0.1) is 0 Å². The number of hydrogen-bond acceptors (Lipinski definition) is 5. The van der Waals surface area contributed by atoms with Crippen LogP contribution in [0.2, 0.25) is 0 Å². The van der Waals surface area contributed by atoms with Crippen molar-refractivity contribution in [3.05, 3.63) is 11.3 Å². The zero-order valence-electron chi connectivity index (χ0n) is 13.7. The fraction of sp³-hybridized carbons (Fsp3) is 0.765. The van der Waals surface area contributed by atoms with E-state index in [4.69, 9.17) is 9.57 Å². The Labute approximate surface area is 132 Å². The number of aliphatic hydroxyl groups is 1. The predicted octanol–water partition coefficient (Wildman–Crippen LogP) is 4.03. The van der Waals surface area contributed by atoms with Crippen LogP contribution in [-0.2, 0) is 14.4 Å². The number of rotatable bonds is 5. The van der Waals surface area contributed by atoms with E-state index in [0.29, 0.717) is 25.2 Å². The first kappa shape index (κ1) is 16.8. The average molecular weight is 309 g/mol. The second-order valence-corrected chi connectivity index (χ2v) is 6.19. The van der Waals surface area contributed by atoms with E-state index >= 15 is 0 Å². The lowest BCUT2D eigenvalue weighted by Gasteiger charge is -2.36. The monoisotopic (exact) mass is 309 g/mol. The lowest BCUT2D eigenvalue weighted by molar-refractivity contribution is -0.159. The smallest absolute Gasteiger partial charge is 0.344 e. The fourth-order valence-corrected chi connectivity index (χ4v) is 3.33. The first-order valence-electron chi connectivity index (χ1n) is 8.46. The number of nitrogens with zero attached hydrogens (tertiary/aromatic N) is 1. The van der Waals surface area contributed by atoms with Crippen LogP contribution in [0.25, 0.3) is 0 Å². The molecule has 2 rings (SSSR count). The van der Waals surface area contributed by atoms with Gasteiger partial charge in [0.1, 0.15) is 23.5 Å². The van der Waals surface area contributed by atoms with E-state index < -0.39 is 11.6 Å². The Hall–Kier alpha value is -1.52. The molecule has 0 saturated heterocycles. The minimum Gasteiger partial charge on any atom is -0.511 e. The summed E-state index contributed by atoms with van der Waals surface area (Å²) in [5.74, 6) is -0.331. The van der Waals surface area contributed by atoms with Gasteiger partial charge in [-0.15, -0.1) is 0 Å². The number of esters is 1. The molecule has 0 aromatic carbocycles. The molecule has 1 saturated carbocycles. The molecule has 2 aliphatic rings. The summed E-state index contributed by atoms with van der Waals surface area (Å²) in [5.41, 5.74) is 0.199. The largest absolute Gasteiger partial charge is 0.511 e. The summed E-state index contributed by atoms with van der Waals surface area (Å²) < 4.78 is 5.79. The second-order valence-electron chi connectivity index (χ2n) is 6.19. The van der Waals surface area contributed by atoms with Crippen molar-refractivity contribution in [3.8, 4) is 0 Å². The van der Waals surface area contributed by atoms with Crippen LogP contribution >= 0.6 is 0 Å². The summed E-state index contributed by atoms with van der Waals surface area (Å²) >= 11 is 0. The number of ether oxygens (including phenoxy) is 1. The SMILES string of the molecule is CCC/C(=N\OCC)C1=C(O)CC2(CCCCCC2)OC1=O. The minimum absolute atomic E-state index is 0.116. The molecule has 5 heteroatoms. The molecule has 1 aliphatic carbocycles. The van der Waals surface area contributed by atoms with Crippen LogP contribution in [0.15, 0.2) is 16.5 Å². The molecular formula is C17H27NO4. The molecule has 0 amide bonds. The molecule has 0 aromatic heterocycles. The molecule has 0 atom stereocenters. The minimum atomic E-state index is -0.510. The van der Waals surface area contributed by atoms with Gasteiger partial charge in [0.15, 0.2) is 0 Å². The Morgan fingerprint density at radius 3 is 2.50 bits per heavy atom. The Morgan fingerprint density at radius 1 is 1.27 bits per heavy atom. The van der Waals surface area contributed by atoms with Crippen molar-refractivity contribution >= 4 is 11.7 Å². The highest BCUT2D eigenvalue weighted by Crippen LogP contribution is 2.40. The van der Waals surface area contributed by atoms with Gasteiger partial charge >= 0.3 is 5.97 Å². The number of hydrogen-bond donors (Lipinski definition) is 1. The summed E-state index contributed by atoms with van der Waals surface area (Å²) in [5, 5.41) is 14.5. The lowest BCUT2D eigenvalue weighted by atomic mass is 9.85. The molecule has 0 bridgehead atoms. The Morgan fingerprint density at radius 2 is 1.95 bits per heavy atom. The van der Waals surface area contributed by atoms with Gasteiger partial charge in [-0.2, -0.15) is 0 Å². The molecule has 1 spiro atoms. The summed E-state index contributed by atoms with van der Waals surface area (Å²) in [6.45, 7) is 4.27. The van der Waals surface area contributed by atoms with Crippen LogP contribution in [0.5, 0.6) is 0 Å². The summed E-state index contributed by atoms with van der Waals surface area (Å²) in [6, 6.07) is 0. The Kier molecular flexibility index (Phi) is 5.86. The molecule has 1 N–H and O–H groups in total. The van der Waals surface area contributed by atoms with Crippen molar-refractivity contribution in [1.82, 2.24) is 0 Å². The van der Waals surface area contributed by atoms with Gasteiger partial charge in [0.2, 0.25) is 0 Å². The third kappa shape index (κ3) is 3.81. The van der Waals surface area contributed by atoms with Crippen molar-refractivity contribution in [3.63, 3.8) is 0 Å². The first-order chi connectivity index (χ1) is 10.6. The normalized spacial score (nSPS) is 22.5. The maximum Gasteiger partial charge on any atom is 0.344 e. The average Bonchev–Trinajstić information content (AvgIpc) is 2.69. The van der Waals surface area contributed by atoms with E-state index in [0.717, 1.165) is 32.1 Å². The highest BCUT2D eigenvalue weighted by molar-refractivity contribution is 6.20. The Balaban J connectivity index is 2.26. The lowest BCUT2D eigenvalue weighted by Crippen LogP contribution is -2.41. The van der Waals surface area contributed by atoms with Crippen molar-refractivity contribution < 1.29 is 19.5 Å².